The largest absolute Gasteiger partial charge is 0.493 e. The quantitative estimate of drug-likeness (QED) is 0.0317. The number of unbranched alkanes of at least 4 members (excludes halogenated alkanes) is 7. The van der Waals surface area contributed by atoms with Gasteiger partial charge in [0.15, 0.2) is 28.8 Å². The molecule has 0 saturated carbocycles. The smallest absolute Gasteiger partial charge is 0.161 e. The second-order valence-electron chi connectivity index (χ2n) is 12.5. The fraction of sp³-hybridized carbons (Fsp3) is 0.469. The lowest BCUT2D eigenvalue weighted by atomic mass is 10.0. The number of nitrogens with one attached hydrogen (secondary N) is 1. The predicted octanol–water partition coefficient (Wildman–Crippen LogP) is 13.8. The van der Waals surface area contributed by atoms with Crippen molar-refractivity contribution in [2.75, 3.05) is 39.8 Å². The molecule has 8 heteroatoms. The monoisotopic (exact) mass is 850 g/mol. The van der Waals surface area contributed by atoms with Crippen LogP contribution in [0.2, 0.25) is 0 Å². The Hall–Kier alpha value is -4.30. The Morgan fingerprint density at radius 2 is 1.35 bits per heavy atom. The number of allylic oxidation sites excluding steroid dienone is 7. The highest BCUT2D eigenvalue weighted by atomic mass is 79.9. The second kappa shape index (κ2) is 41.3. The summed E-state index contributed by atoms with van der Waals surface area (Å²) in [5.74, 6) is 4.85. The topological polar surface area (TPSA) is 78.4 Å². The average Bonchev–Trinajstić information content (AvgIpc) is 3.24. The number of aliphatic imine (C=N–C) groups is 1. The lowest BCUT2D eigenvalue weighted by Gasteiger charge is -2.12. The van der Waals surface area contributed by atoms with E-state index in [1.54, 1.807) is 44.9 Å². The van der Waals surface area contributed by atoms with E-state index < -0.39 is 0 Å². The van der Waals surface area contributed by atoms with E-state index in [0.29, 0.717) is 31.1 Å². The molecule has 2 aromatic rings. The lowest BCUT2D eigenvalue weighted by molar-refractivity contribution is -0.115. The van der Waals surface area contributed by atoms with Crippen LogP contribution in [0.3, 0.4) is 0 Å². The number of hydrogen-bond donors (Lipinski definition) is 1. The summed E-state index contributed by atoms with van der Waals surface area (Å²) >= 11 is 2.94. The number of methoxy groups -OCH3 is 2. The van der Waals surface area contributed by atoms with Gasteiger partial charge in [0.05, 0.1) is 27.4 Å². The van der Waals surface area contributed by atoms with Crippen LogP contribution in [-0.2, 0) is 4.79 Å². The Balaban J connectivity index is 0. The van der Waals surface area contributed by atoms with Crippen molar-refractivity contribution in [3.8, 4) is 23.0 Å². The van der Waals surface area contributed by atoms with E-state index >= 15 is 0 Å². The van der Waals surface area contributed by atoms with Crippen molar-refractivity contribution in [1.82, 2.24) is 5.32 Å². The van der Waals surface area contributed by atoms with Gasteiger partial charge in [-0.05, 0) is 105 Å². The number of carbonyl (C=O) groups is 1. The van der Waals surface area contributed by atoms with Crippen molar-refractivity contribution in [1.29, 1.82) is 0 Å². The second-order valence-corrected chi connectivity index (χ2v) is 12.5. The molecule has 57 heavy (non-hydrogen) atoms. The van der Waals surface area contributed by atoms with Gasteiger partial charge in [0.1, 0.15) is 0 Å². The molecule has 0 saturated heterocycles. The Kier molecular flexibility index (Phi) is 39.7. The molecule has 0 radical (unpaired) electrons. The van der Waals surface area contributed by atoms with Crippen LogP contribution in [0.1, 0.15) is 117 Å². The summed E-state index contributed by atoms with van der Waals surface area (Å²) in [7, 11) is 3.30. The van der Waals surface area contributed by atoms with Crippen molar-refractivity contribution >= 4 is 40.1 Å². The molecular formula is C49H75BrN2O5. The third-order valence-corrected chi connectivity index (χ3v) is 7.93. The first-order valence-corrected chi connectivity index (χ1v) is 22.2. The predicted molar refractivity (Wildman–Crippen MR) is 253 cm³/mol. The van der Waals surface area contributed by atoms with Crippen molar-refractivity contribution in [3.05, 3.63) is 109 Å². The van der Waals surface area contributed by atoms with Crippen LogP contribution in [-0.4, -0.2) is 51.8 Å². The van der Waals surface area contributed by atoms with Crippen LogP contribution in [0.25, 0.3) is 12.2 Å². The van der Waals surface area contributed by atoms with Crippen molar-refractivity contribution in [2.24, 2.45) is 10.9 Å². The van der Waals surface area contributed by atoms with E-state index in [-0.39, 0.29) is 11.7 Å². The third-order valence-electron chi connectivity index (χ3n) is 7.93. The van der Waals surface area contributed by atoms with Gasteiger partial charge in [0.25, 0.3) is 0 Å². The SMILES string of the molecule is C/C=C\C=C/NCCCCCCOc1ccc(/C=C/C(C)CC(=O)/C=C/c2ccc(OCCCCCCC)c(OC)c2)cc1OC.C=C/C=C\N=CC.CBr.CC. The summed E-state index contributed by atoms with van der Waals surface area (Å²) in [6.45, 7) is 17.9. The first kappa shape index (κ1) is 54.8. The summed E-state index contributed by atoms with van der Waals surface area (Å²) < 4.78 is 23.0. The normalized spacial score (nSPS) is 11.5. The number of carbonyl (C=O) groups excluding carboxylic acids is 1. The van der Waals surface area contributed by atoms with Crippen LogP contribution in [0.5, 0.6) is 23.0 Å². The molecule has 0 aliphatic heterocycles. The molecule has 1 N–H and O–H groups in total. The van der Waals surface area contributed by atoms with Gasteiger partial charge in [-0.3, -0.25) is 9.79 Å². The Morgan fingerprint density at radius 3 is 1.88 bits per heavy atom. The molecule has 318 valence electrons. The van der Waals surface area contributed by atoms with Gasteiger partial charge in [-0.1, -0.05) is 137 Å². The summed E-state index contributed by atoms with van der Waals surface area (Å²) in [5.41, 5.74) is 1.91. The number of ketones is 1. The molecule has 1 unspecified atom stereocenters. The zero-order chi connectivity index (χ0) is 42.8. The summed E-state index contributed by atoms with van der Waals surface area (Å²) in [6.07, 6.45) is 33.3. The number of benzene rings is 2. The van der Waals surface area contributed by atoms with E-state index in [9.17, 15) is 4.79 Å². The van der Waals surface area contributed by atoms with Crippen LogP contribution >= 0.6 is 15.9 Å². The average molecular weight is 852 g/mol. The number of alkyl halides is 1. The number of rotatable bonds is 27. The highest BCUT2D eigenvalue weighted by molar-refractivity contribution is 9.08. The lowest BCUT2D eigenvalue weighted by Crippen LogP contribution is -2.06. The third kappa shape index (κ3) is 30.5. The van der Waals surface area contributed by atoms with Gasteiger partial charge < -0.3 is 24.3 Å². The van der Waals surface area contributed by atoms with E-state index in [1.165, 1.54) is 32.1 Å². The molecule has 0 bridgehead atoms. The molecule has 1 atom stereocenters. The Morgan fingerprint density at radius 1 is 0.789 bits per heavy atom. The number of halogens is 1. The first-order chi connectivity index (χ1) is 27.9. The van der Waals surface area contributed by atoms with E-state index in [1.807, 2.05) is 113 Å². The highest BCUT2D eigenvalue weighted by Crippen LogP contribution is 2.30. The van der Waals surface area contributed by atoms with Gasteiger partial charge in [0.2, 0.25) is 0 Å². The zero-order valence-electron chi connectivity index (χ0n) is 36.7. The van der Waals surface area contributed by atoms with Gasteiger partial charge in [-0.15, -0.1) is 0 Å². The molecule has 2 rings (SSSR count). The van der Waals surface area contributed by atoms with Crippen molar-refractivity contribution in [2.45, 2.75) is 106 Å². The minimum absolute atomic E-state index is 0.0716. The molecule has 0 aliphatic rings. The molecule has 0 aromatic heterocycles. The van der Waals surface area contributed by atoms with E-state index in [4.69, 9.17) is 18.9 Å². The van der Waals surface area contributed by atoms with E-state index in [2.05, 4.69) is 45.8 Å². The summed E-state index contributed by atoms with van der Waals surface area (Å²) in [5, 5.41) is 3.30. The number of nitrogens with zero attached hydrogens (tertiary/aromatic N) is 1. The van der Waals surface area contributed by atoms with E-state index in [0.717, 1.165) is 54.9 Å². The number of ether oxygens (including phenoxy) is 4. The summed E-state index contributed by atoms with van der Waals surface area (Å²) in [6, 6.07) is 11.7. The van der Waals surface area contributed by atoms with Gasteiger partial charge in [-0.2, -0.15) is 0 Å². The van der Waals surface area contributed by atoms with Crippen LogP contribution < -0.4 is 24.3 Å². The molecule has 7 nitrogen and oxygen atoms in total. The standard InChI is InChI=1S/C40H57NO5.C6H9N.C2H6.CH3Br/c1-6-8-10-12-16-28-45-38-25-22-35(32-40(38)44-5)20-23-36(42)30-33(3)18-19-34-21-24-37(39(31-34)43-4)46-29-17-13-11-15-27-41-26-14-9-7-2;1-3-5-6-7-4-2;2*1-2/h7,9,14,18-26,31-33,41H,6,8,10-13,15-17,27-30H2,1-5H3;3-6H,1H2,2H3;1-2H3;1H3/b9-7-,19-18+,23-20+,26-14-;6-5-,7-4?;;. The molecule has 0 heterocycles. The molecule has 0 amide bonds. The van der Waals surface area contributed by atoms with Gasteiger partial charge in [0, 0.05) is 25.4 Å². The maximum atomic E-state index is 12.7. The minimum Gasteiger partial charge on any atom is -0.493 e. The highest BCUT2D eigenvalue weighted by Gasteiger charge is 2.08. The van der Waals surface area contributed by atoms with Crippen LogP contribution in [0.15, 0.2) is 103 Å². The van der Waals surface area contributed by atoms with Crippen LogP contribution in [0.4, 0.5) is 0 Å². The van der Waals surface area contributed by atoms with Gasteiger partial charge >= 0.3 is 0 Å². The minimum atomic E-state index is 0.0716. The Bertz CT molecular complexity index is 1460. The summed E-state index contributed by atoms with van der Waals surface area (Å²) in [4.78, 5) is 16.5. The molecule has 0 spiro atoms. The van der Waals surface area contributed by atoms with Gasteiger partial charge in [-0.25, -0.2) is 0 Å². The maximum absolute atomic E-state index is 12.7. The van der Waals surface area contributed by atoms with Crippen molar-refractivity contribution in [3.63, 3.8) is 0 Å². The van der Waals surface area contributed by atoms with Crippen LogP contribution in [0, 0.1) is 5.92 Å². The molecule has 0 aliphatic carbocycles. The Labute approximate surface area is 356 Å². The fourth-order valence-corrected chi connectivity index (χ4v) is 5.00. The number of hydrogen-bond acceptors (Lipinski definition) is 7. The maximum Gasteiger partial charge on any atom is 0.161 e. The molecule has 0 fully saturated rings. The zero-order valence-corrected chi connectivity index (χ0v) is 38.3. The molecule has 2 aromatic carbocycles. The fourth-order valence-electron chi connectivity index (χ4n) is 5.00. The van der Waals surface area contributed by atoms with Crippen molar-refractivity contribution < 1.29 is 23.7 Å². The molecular weight excluding hydrogens is 776 g/mol. The first-order valence-electron chi connectivity index (χ1n) is 20.6.